The van der Waals surface area contributed by atoms with Crippen molar-refractivity contribution in [1.82, 2.24) is 0 Å². The number of carbonyl (C=O) groups is 1. The number of hydrogen-bond donors (Lipinski definition) is 6. The summed E-state index contributed by atoms with van der Waals surface area (Å²) in [6.07, 6.45) is -1.83. The molecule has 0 aliphatic carbocycles. The Kier molecular flexibility index (Phi) is 60.6. The fourth-order valence-electron chi connectivity index (χ4n) is 0. The van der Waals surface area contributed by atoms with Crippen molar-refractivity contribution < 1.29 is 77.4 Å². The van der Waals surface area contributed by atoms with E-state index in [0.29, 0.717) is 0 Å². The molecule has 0 aliphatic heterocycles. The van der Waals surface area contributed by atoms with Crippen LogP contribution >= 0.6 is 0 Å². The highest BCUT2D eigenvalue weighted by Crippen LogP contribution is 1.59. The highest BCUT2D eigenvalue weighted by Gasteiger charge is 1.85. The average Bonchev–Trinajstić information content (AvgIpc) is 1.45. The second kappa shape index (κ2) is 22.0. The summed E-state index contributed by atoms with van der Waals surface area (Å²) in [7, 11) is -9.33. The third-order valence-electron chi connectivity index (χ3n) is 0. The second-order valence-electron chi connectivity index (χ2n) is 1.18. The minimum Gasteiger partial charge on any atom is -0.450 e. The maximum atomic E-state index is 8.74. The summed E-state index contributed by atoms with van der Waals surface area (Å²) in [5.74, 6) is 0. The zero-order chi connectivity index (χ0) is 12.6. The minimum atomic E-state index is -4.67. The van der Waals surface area contributed by atoms with Gasteiger partial charge in [-0.1, -0.05) is 0 Å². The van der Waals surface area contributed by atoms with Gasteiger partial charge >= 0.3 is 27.0 Å². The molecular weight excluding hydrogens is 332 g/mol. The van der Waals surface area contributed by atoms with E-state index in [0.717, 1.165) is 0 Å². The molecule has 16 N–H and O–H groups in total. The molecule has 0 saturated carbocycles. The molecule has 0 rings (SSSR count). The van der Waals surface area contributed by atoms with Crippen LogP contribution < -0.4 is 0 Å². The quantitative estimate of drug-likeness (QED) is 0.224. The van der Waals surface area contributed by atoms with Crippen LogP contribution in [0.25, 0.3) is 0 Å². The van der Waals surface area contributed by atoms with E-state index in [1.165, 1.54) is 0 Å². The molecule has 0 radical (unpaired) electrons. The second-order valence-corrected chi connectivity index (χ2v) is 2.97. The van der Waals surface area contributed by atoms with Gasteiger partial charge in [-0.2, -0.15) is 16.8 Å². The SMILES string of the molecule is O.O.O.O.O.O=C(O)O.O=S(=O)(O)O.O=S(=O)(O)O. The molecule has 18 heteroatoms. The Labute approximate surface area is 105 Å². The number of rotatable bonds is 0. The molecule has 0 bridgehead atoms. The minimum absolute atomic E-state index is 0. The van der Waals surface area contributed by atoms with Crippen LogP contribution in [0.2, 0.25) is 0 Å². The highest BCUT2D eigenvalue weighted by molar-refractivity contribution is 7.80. The van der Waals surface area contributed by atoms with E-state index in [2.05, 4.69) is 0 Å². The van der Waals surface area contributed by atoms with Crippen LogP contribution in [-0.4, -0.2) is 78.8 Å². The summed E-state index contributed by atoms with van der Waals surface area (Å²) >= 11 is 0. The molecule has 0 spiro atoms. The van der Waals surface area contributed by atoms with Gasteiger partial charge in [0.2, 0.25) is 0 Å². The number of hydrogen-bond acceptors (Lipinski definition) is 5. The van der Waals surface area contributed by atoms with E-state index in [1.807, 2.05) is 0 Å². The Morgan fingerprint density at radius 2 is 0.579 bits per heavy atom. The average molecular weight is 348 g/mol. The first-order valence-corrected chi connectivity index (χ1v) is 4.84. The van der Waals surface area contributed by atoms with Crippen molar-refractivity contribution in [2.75, 3.05) is 0 Å². The maximum absolute atomic E-state index is 8.74. The lowest BCUT2D eigenvalue weighted by Gasteiger charge is -1.68. The fraction of sp³-hybridized carbons (Fsp3) is 0. The Morgan fingerprint density at radius 3 is 0.579 bits per heavy atom. The molecule has 0 aromatic heterocycles. The van der Waals surface area contributed by atoms with Gasteiger partial charge in [-0.25, -0.2) is 4.79 Å². The van der Waals surface area contributed by atoms with Crippen LogP contribution in [0, 0.1) is 0 Å². The molecule has 0 atom stereocenters. The summed E-state index contributed by atoms with van der Waals surface area (Å²) < 4.78 is 63.2. The molecule has 0 aliphatic rings. The van der Waals surface area contributed by atoms with Crippen LogP contribution in [-0.2, 0) is 20.8 Å². The van der Waals surface area contributed by atoms with E-state index in [4.69, 9.17) is 50.1 Å². The lowest BCUT2D eigenvalue weighted by Crippen LogP contribution is -1.89. The molecule has 128 valence electrons. The topological polar surface area (TPSA) is 364 Å². The Morgan fingerprint density at radius 1 is 0.579 bits per heavy atom. The molecule has 0 aromatic carbocycles. The predicted octanol–water partition coefficient (Wildman–Crippen LogP) is -5.21. The van der Waals surface area contributed by atoms with Crippen molar-refractivity contribution in [2.24, 2.45) is 0 Å². The Hall–Kier alpha value is -1.19. The molecular formula is CH16O16S2. The predicted molar refractivity (Wildman–Crippen MR) is 57.1 cm³/mol. The largest absolute Gasteiger partial charge is 0.503 e. The molecule has 0 unspecified atom stereocenters. The van der Waals surface area contributed by atoms with Gasteiger partial charge in [0.15, 0.2) is 0 Å². The maximum Gasteiger partial charge on any atom is 0.503 e. The van der Waals surface area contributed by atoms with E-state index in [1.54, 1.807) is 0 Å². The van der Waals surface area contributed by atoms with Gasteiger partial charge in [0.05, 0.1) is 0 Å². The molecule has 0 fully saturated rings. The molecule has 0 aromatic rings. The van der Waals surface area contributed by atoms with E-state index in [9.17, 15) is 0 Å². The smallest absolute Gasteiger partial charge is 0.450 e. The van der Waals surface area contributed by atoms with Crippen LogP contribution in [0.1, 0.15) is 0 Å². The first-order chi connectivity index (χ1) is 5.73. The lowest BCUT2D eigenvalue weighted by molar-refractivity contribution is 0.137. The molecule has 0 heterocycles. The normalized spacial score (nSPS) is 7.37. The molecule has 0 saturated heterocycles. The monoisotopic (exact) mass is 348 g/mol. The molecule has 0 amide bonds. The summed E-state index contributed by atoms with van der Waals surface area (Å²) in [4.78, 5) is 8.56. The number of carboxylic acid groups (broad SMARTS) is 2. The zero-order valence-corrected chi connectivity index (χ0v) is 10.2. The summed E-state index contributed by atoms with van der Waals surface area (Å²) in [6.45, 7) is 0. The van der Waals surface area contributed by atoms with Crippen molar-refractivity contribution in [3.8, 4) is 0 Å². The molecule has 16 nitrogen and oxygen atoms in total. The third kappa shape index (κ3) is 2600. The first kappa shape index (κ1) is 52.3. The Bertz CT molecular complexity index is 281. The van der Waals surface area contributed by atoms with Gasteiger partial charge in [-0.15, -0.1) is 0 Å². The van der Waals surface area contributed by atoms with Crippen LogP contribution in [0.5, 0.6) is 0 Å². The first-order valence-electron chi connectivity index (χ1n) is 2.05. The Balaban J connectivity index is -0.0000000141. The van der Waals surface area contributed by atoms with Crippen LogP contribution in [0.4, 0.5) is 4.79 Å². The van der Waals surface area contributed by atoms with Gasteiger partial charge in [0, 0.05) is 0 Å². The van der Waals surface area contributed by atoms with E-state index in [-0.39, 0.29) is 27.4 Å². The standard InChI is InChI=1S/CH2O3.2H2O4S.5H2O/c2-1(3)4;2*1-5(2,3)4;;;;;/h(H2,2,3,4);2*(H2,1,2,3,4);5*1H2. The summed E-state index contributed by atoms with van der Waals surface area (Å²) in [5.41, 5.74) is 0. The van der Waals surface area contributed by atoms with Crippen molar-refractivity contribution in [3.63, 3.8) is 0 Å². The van der Waals surface area contributed by atoms with Crippen LogP contribution in [0.3, 0.4) is 0 Å². The van der Waals surface area contributed by atoms with Gasteiger partial charge < -0.3 is 37.6 Å². The van der Waals surface area contributed by atoms with Gasteiger partial charge in [-0.3, -0.25) is 18.2 Å². The van der Waals surface area contributed by atoms with Crippen molar-refractivity contribution >= 4 is 27.0 Å². The van der Waals surface area contributed by atoms with Crippen molar-refractivity contribution in [2.45, 2.75) is 0 Å². The lowest BCUT2D eigenvalue weighted by atomic mass is 11.5. The highest BCUT2D eigenvalue weighted by atomic mass is 32.3. The third-order valence-corrected chi connectivity index (χ3v) is 0. The molecule has 19 heavy (non-hydrogen) atoms. The summed E-state index contributed by atoms with van der Waals surface area (Å²) in [5, 5.41) is 13.9. The summed E-state index contributed by atoms with van der Waals surface area (Å²) in [6, 6.07) is 0. The zero-order valence-electron chi connectivity index (χ0n) is 8.54. The van der Waals surface area contributed by atoms with Gasteiger partial charge in [0.25, 0.3) is 0 Å². The van der Waals surface area contributed by atoms with Crippen LogP contribution in [0.15, 0.2) is 0 Å². The van der Waals surface area contributed by atoms with Gasteiger partial charge in [-0.05, 0) is 0 Å². The van der Waals surface area contributed by atoms with E-state index >= 15 is 0 Å². The van der Waals surface area contributed by atoms with Gasteiger partial charge in [0.1, 0.15) is 0 Å². The fourth-order valence-corrected chi connectivity index (χ4v) is 0. The van der Waals surface area contributed by atoms with E-state index < -0.39 is 27.0 Å². The van der Waals surface area contributed by atoms with Crippen molar-refractivity contribution in [3.05, 3.63) is 0 Å². The van der Waals surface area contributed by atoms with Crippen molar-refractivity contribution in [1.29, 1.82) is 0 Å².